The summed E-state index contributed by atoms with van der Waals surface area (Å²) in [7, 11) is 3.38. The Morgan fingerprint density at radius 2 is 2.40 bits per heavy atom. The second-order valence-electron chi connectivity index (χ2n) is 3.15. The van der Waals surface area contributed by atoms with Crippen molar-refractivity contribution in [2.45, 2.75) is 18.9 Å². The van der Waals surface area contributed by atoms with Crippen molar-refractivity contribution >= 4 is 0 Å². The van der Waals surface area contributed by atoms with Gasteiger partial charge in [-0.05, 0) is 0 Å². The fraction of sp³-hybridized carbons (Fsp3) is 1.00. The van der Waals surface area contributed by atoms with E-state index in [0.717, 1.165) is 19.4 Å². The summed E-state index contributed by atoms with van der Waals surface area (Å²) in [6.45, 7) is 1.37. The average molecular weight is 145 g/mol. The molecule has 0 aliphatic carbocycles. The third-order valence-corrected chi connectivity index (χ3v) is 2.27. The molecule has 1 aliphatic heterocycles. The van der Waals surface area contributed by atoms with Crippen LogP contribution in [0.25, 0.3) is 0 Å². The molecule has 1 heterocycles. The molecule has 0 radical (unpaired) electrons. The number of likely N-dealkylation sites (tertiary alicyclic amines) is 1. The van der Waals surface area contributed by atoms with Gasteiger partial charge in [-0.15, -0.1) is 0 Å². The van der Waals surface area contributed by atoms with Gasteiger partial charge < -0.3 is 14.6 Å². The van der Waals surface area contributed by atoms with Crippen LogP contribution in [0.15, 0.2) is 0 Å². The highest BCUT2D eigenvalue weighted by atomic mass is 16.6. The molecule has 0 saturated carbocycles. The molecule has 0 N–H and O–H groups in total. The molecule has 0 bridgehead atoms. The molecule has 1 rings (SSSR count). The minimum Gasteiger partial charge on any atom is -0.633 e. The van der Waals surface area contributed by atoms with Crippen molar-refractivity contribution in [2.75, 3.05) is 27.3 Å². The van der Waals surface area contributed by atoms with Crippen molar-refractivity contribution in [3.63, 3.8) is 0 Å². The molecule has 0 aromatic carbocycles. The van der Waals surface area contributed by atoms with Crippen LogP contribution >= 0.6 is 0 Å². The lowest BCUT2D eigenvalue weighted by Crippen LogP contribution is -2.44. The molecule has 0 spiro atoms. The zero-order valence-corrected chi connectivity index (χ0v) is 6.67. The molecule has 0 aromatic heterocycles. The van der Waals surface area contributed by atoms with Crippen LogP contribution in [0.1, 0.15) is 12.8 Å². The Kier molecular flexibility index (Phi) is 2.28. The van der Waals surface area contributed by atoms with Crippen LogP contribution in [0, 0.1) is 5.21 Å². The van der Waals surface area contributed by atoms with E-state index in [1.807, 2.05) is 0 Å². The molecule has 1 saturated heterocycles. The van der Waals surface area contributed by atoms with Crippen LogP contribution in [-0.2, 0) is 4.74 Å². The van der Waals surface area contributed by atoms with E-state index < -0.39 is 0 Å². The maximum Gasteiger partial charge on any atom is 0.112 e. The van der Waals surface area contributed by atoms with Crippen LogP contribution < -0.4 is 0 Å². The second kappa shape index (κ2) is 2.86. The maximum atomic E-state index is 11.5. The summed E-state index contributed by atoms with van der Waals surface area (Å²) in [4.78, 5) is 0. The minimum atomic E-state index is -0.103. The number of likely N-dealkylation sites (N-methyl/N-ethyl adjacent to an activating group) is 1. The summed E-state index contributed by atoms with van der Waals surface area (Å²) in [6.07, 6.45) is 2.07. The number of rotatable bonds is 2. The number of hydrogen-bond donors (Lipinski definition) is 0. The van der Waals surface area contributed by atoms with Crippen LogP contribution in [0.5, 0.6) is 0 Å². The van der Waals surface area contributed by atoms with Crippen LogP contribution in [-0.4, -0.2) is 38.0 Å². The number of ether oxygens (including phenoxy) is 1. The van der Waals surface area contributed by atoms with Crippen LogP contribution in [0.4, 0.5) is 0 Å². The van der Waals surface area contributed by atoms with Crippen LogP contribution in [0.2, 0.25) is 0 Å². The monoisotopic (exact) mass is 145 g/mol. The maximum absolute atomic E-state index is 11.5. The molecule has 1 fully saturated rings. The van der Waals surface area contributed by atoms with Gasteiger partial charge in [-0.2, -0.15) is 0 Å². The molecule has 10 heavy (non-hydrogen) atoms. The number of hydroxylamine groups is 3. The fourth-order valence-corrected chi connectivity index (χ4v) is 1.53. The molecule has 1 unspecified atom stereocenters. The highest BCUT2D eigenvalue weighted by molar-refractivity contribution is 4.66. The molecule has 60 valence electrons. The zero-order chi connectivity index (χ0) is 7.61. The smallest absolute Gasteiger partial charge is 0.112 e. The van der Waals surface area contributed by atoms with Crippen molar-refractivity contribution in [1.82, 2.24) is 0 Å². The second-order valence-corrected chi connectivity index (χ2v) is 3.15. The predicted octanol–water partition coefficient (Wildman–Crippen LogP) is 0.740. The molecule has 3 heteroatoms. The normalized spacial score (nSPS) is 40.5. The lowest BCUT2D eigenvalue weighted by atomic mass is 10.2. The van der Waals surface area contributed by atoms with E-state index in [9.17, 15) is 5.21 Å². The number of quaternary nitrogens is 1. The first-order valence-corrected chi connectivity index (χ1v) is 3.72. The first-order valence-electron chi connectivity index (χ1n) is 3.72. The topological polar surface area (TPSA) is 32.3 Å². The lowest BCUT2D eigenvalue weighted by molar-refractivity contribution is -0.873. The molecule has 2 atom stereocenters. The van der Waals surface area contributed by atoms with E-state index >= 15 is 0 Å². The van der Waals surface area contributed by atoms with Crippen LogP contribution in [0.3, 0.4) is 0 Å². The van der Waals surface area contributed by atoms with Crippen molar-refractivity contribution in [2.24, 2.45) is 0 Å². The van der Waals surface area contributed by atoms with E-state index in [1.54, 1.807) is 14.2 Å². The van der Waals surface area contributed by atoms with Gasteiger partial charge in [0.05, 0.1) is 20.2 Å². The molecule has 1 aliphatic rings. The summed E-state index contributed by atoms with van der Waals surface area (Å²) >= 11 is 0. The van der Waals surface area contributed by atoms with Gasteiger partial charge >= 0.3 is 0 Å². The first kappa shape index (κ1) is 7.98. The van der Waals surface area contributed by atoms with Gasteiger partial charge in [0.1, 0.15) is 6.04 Å². The highest BCUT2D eigenvalue weighted by Gasteiger charge is 2.30. The summed E-state index contributed by atoms with van der Waals surface area (Å²) < 4.78 is 4.84. The van der Waals surface area contributed by atoms with Gasteiger partial charge in [-0.1, -0.05) is 0 Å². The Morgan fingerprint density at radius 1 is 1.70 bits per heavy atom. The Hall–Kier alpha value is -0.120. The molecular formula is C7H15NO2. The molecule has 3 nitrogen and oxygen atoms in total. The number of methoxy groups -OCH3 is 1. The van der Waals surface area contributed by atoms with Gasteiger partial charge in [-0.25, -0.2) is 0 Å². The third kappa shape index (κ3) is 1.48. The standard InChI is InChI=1S/C7H15NO2/c1-8(9)5-3-4-7(8)6-10-2/h7H,3-6H2,1-2H3/t7-,8?/m0/s1. The zero-order valence-electron chi connectivity index (χ0n) is 6.67. The third-order valence-electron chi connectivity index (χ3n) is 2.27. The summed E-state index contributed by atoms with van der Waals surface area (Å²) in [5, 5.41) is 11.5. The van der Waals surface area contributed by atoms with Gasteiger partial charge in [0.2, 0.25) is 0 Å². The quantitative estimate of drug-likeness (QED) is 0.424. The van der Waals surface area contributed by atoms with Crippen molar-refractivity contribution in [1.29, 1.82) is 0 Å². The lowest BCUT2D eigenvalue weighted by Gasteiger charge is -2.39. The number of hydrogen-bond acceptors (Lipinski definition) is 2. The Labute approximate surface area is 61.8 Å². The van der Waals surface area contributed by atoms with E-state index in [-0.39, 0.29) is 10.7 Å². The average Bonchev–Trinajstić information content (AvgIpc) is 2.13. The number of nitrogens with zero attached hydrogens (tertiary/aromatic N) is 1. The first-order chi connectivity index (χ1) is 4.67. The van der Waals surface area contributed by atoms with Crippen molar-refractivity contribution < 1.29 is 9.38 Å². The Morgan fingerprint density at radius 3 is 2.80 bits per heavy atom. The van der Waals surface area contributed by atoms with E-state index in [1.165, 1.54) is 0 Å². The van der Waals surface area contributed by atoms with E-state index in [4.69, 9.17) is 4.74 Å². The largest absolute Gasteiger partial charge is 0.633 e. The van der Waals surface area contributed by atoms with Gasteiger partial charge in [0, 0.05) is 20.0 Å². The Balaban J connectivity index is 2.43. The van der Waals surface area contributed by atoms with Crippen molar-refractivity contribution in [3.05, 3.63) is 5.21 Å². The summed E-state index contributed by atoms with van der Waals surface area (Å²) in [5.74, 6) is 0. The van der Waals surface area contributed by atoms with Gasteiger partial charge in [0.25, 0.3) is 0 Å². The fourth-order valence-electron chi connectivity index (χ4n) is 1.53. The summed E-state index contributed by atoms with van der Waals surface area (Å²) in [5.41, 5.74) is 0. The summed E-state index contributed by atoms with van der Waals surface area (Å²) in [6, 6.07) is 0.185. The minimum absolute atomic E-state index is 0.103. The van der Waals surface area contributed by atoms with E-state index in [2.05, 4.69) is 0 Å². The molecular weight excluding hydrogens is 130 g/mol. The molecule has 0 amide bonds. The van der Waals surface area contributed by atoms with Gasteiger partial charge in [0.15, 0.2) is 0 Å². The van der Waals surface area contributed by atoms with E-state index in [0.29, 0.717) is 6.61 Å². The Bertz CT molecular complexity index is 114. The highest BCUT2D eigenvalue weighted by Crippen LogP contribution is 2.22. The van der Waals surface area contributed by atoms with Crippen molar-refractivity contribution in [3.8, 4) is 0 Å². The van der Waals surface area contributed by atoms with Gasteiger partial charge in [-0.3, -0.25) is 0 Å². The predicted molar refractivity (Wildman–Crippen MR) is 39.3 cm³/mol. The SMILES string of the molecule is COC[C@@H]1CCC[N+]1(C)[O-]. The molecule has 0 aromatic rings.